The number of rotatable bonds is 7. The van der Waals surface area contributed by atoms with E-state index >= 15 is 0 Å². The van der Waals surface area contributed by atoms with Gasteiger partial charge in [-0.25, -0.2) is 0 Å². The van der Waals surface area contributed by atoms with Gasteiger partial charge < -0.3 is 29.7 Å². The molecule has 1 aromatic carbocycles. The fourth-order valence-corrected chi connectivity index (χ4v) is 4.81. The van der Waals surface area contributed by atoms with Crippen LogP contribution in [0.4, 0.5) is 17.5 Å². The summed E-state index contributed by atoms with van der Waals surface area (Å²) >= 11 is 0. The first kappa shape index (κ1) is 24.4. The number of anilines is 3. The largest absolute Gasteiger partial charge is 0.493 e. The Morgan fingerprint density at radius 2 is 1.86 bits per heavy atom. The zero-order chi connectivity index (χ0) is 25.1. The molecular weight excluding hydrogens is 454 g/mol. The number of amides is 2. The minimum Gasteiger partial charge on any atom is -0.493 e. The maximum Gasteiger partial charge on any atom is 0.258 e. The highest BCUT2D eigenvalue weighted by molar-refractivity contribution is 6.04. The van der Waals surface area contributed by atoms with Crippen LogP contribution in [0.25, 0.3) is 0 Å². The zero-order valence-corrected chi connectivity index (χ0v) is 20.4. The maximum absolute atomic E-state index is 13.3. The van der Waals surface area contributed by atoms with Crippen molar-refractivity contribution in [2.45, 2.75) is 51.0 Å². The molecule has 1 aromatic heterocycles. The van der Waals surface area contributed by atoms with Crippen molar-refractivity contribution < 1.29 is 23.8 Å². The number of nitrogens with zero attached hydrogens (tertiary/aromatic N) is 2. The van der Waals surface area contributed by atoms with Crippen molar-refractivity contribution in [3.05, 3.63) is 28.0 Å². The Labute approximate surface area is 203 Å². The lowest BCUT2D eigenvalue weighted by molar-refractivity contribution is -0.123. The third-order valence-electron chi connectivity index (χ3n) is 6.56. The Morgan fingerprint density at radius 3 is 2.49 bits per heavy atom. The highest BCUT2D eigenvalue weighted by Crippen LogP contribution is 2.40. The number of piperidine rings is 1. The minimum atomic E-state index is -1.01. The number of methoxy groups -OCH3 is 3. The molecule has 1 saturated heterocycles. The first-order valence-corrected chi connectivity index (χ1v) is 11.7. The number of ether oxygens (including phenoxy) is 3. The van der Waals surface area contributed by atoms with Crippen molar-refractivity contribution in [1.82, 2.24) is 9.97 Å². The van der Waals surface area contributed by atoms with Gasteiger partial charge in [0.15, 0.2) is 11.5 Å². The Balaban J connectivity index is 1.66. The molecule has 2 aromatic rings. The molecule has 3 N–H and O–H groups in total. The molecule has 4 rings (SSSR count). The molecule has 35 heavy (non-hydrogen) atoms. The van der Waals surface area contributed by atoms with E-state index < -0.39 is 17.4 Å². The van der Waals surface area contributed by atoms with Crippen LogP contribution in [0.5, 0.6) is 17.2 Å². The van der Waals surface area contributed by atoms with Crippen LogP contribution in [-0.4, -0.2) is 55.7 Å². The van der Waals surface area contributed by atoms with Gasteiger partial charge in [0.25, 0.3) is 5.56 Å². The Kier molecular flexibility index (Phi) is 7.13. The van der Waals surface area contributed by atoms with Crippen molar-refractivity contribution in [2.75, 3.05) is 43.4 Å². The molecule has 188 valence electrons. The average molecular weight is 486 g/mol. The van der Waals surface area contributed by atoms with Gasteiger partial charge in [-0.1, -0.05) is 6.92 Å². The molecular formula is C24H31N5O6. The fourth-order valence-electron chi connectivity index (χ4n) is 4.81. The molecule has 0 saturated carbocycles. The maximum atomic E-state index is 13.3. The van der Waals surface area contributed by atoms with Gasteiger partial charge in [-0.2, -0.15) is 4.98 Å². The quantitative estimate of drug-likeness (QED) is 0.545. The predicted molar refractivity (Wildman–Crippen MR) is 131 cm³/mol. The van der Waals surface area contributed by atoms with Crippen LogP contribution in [0.1, 0.15) is 50.5 Å². The number of fused-ring (bicyclic) bond motifs is 1. The number of hydrogen-bond acceptors (Lipinski definition) is 8. The lowest BCUT2D eigenvalue weighted by Crippen LogP contribution is -2.43. The Morgan fingerprint density at radius 1 is 1.14 bits per heavy atom. The number of H-pyrrole nitrogens is 1. The second kappa shape index (κ2) is 10.2. The summed E-state index contributed by atoms with van der Waals surface area (Å²) in [6.45, 7) is 2.88. The van der Waals surface area contributed by atoms with Crippen LogP contribution in [-0.2, 0) is 9.59 Å². The van der Waals surface area contributed by atoms with Gasteiger partial charge in [-0.3, -0.25) is 19.4 Å². The van der Waals surface area contributed by atoms with Crippen LogP contribution in [0.2, 0.25) is 0 Å². The van der Waals surface area contributed by atoms with E-state index in [9.17, 15) is 14.4 Å². The van der Waals surface area contributed by atoms with Gasteiger partial charge in [0, 0.05) is 36.8 Å². The van der Waals surface area contributed by atoms with Crippen LogP contribution >= 0.6 is 0 Å². The summed E-state index contributed by atoms with van der Waals surface area (Å²) in [6, 6.07) is 3.43. The molecule has 11 heteroatoms. The van der Waals surface area contributed by atoms with E-state index in [0.29, 0.717) is 28.9 Å². The van der Waals surface area contributed by atoms with Gasteiger partial charge >= 0.3 is 0 Å². The summed E-state index contributed by atoms with van der Waals surface area (Å²) in [7, 11) is 4.42. The molecule has 2 atom stereocenters. The van der Waals surface area contributed by atoms with Crippen molar-refractivity contribution in [3.8, 4) is 17.2 Å². The lowest BCUT2D eigenvalue weighted by atomic mass is 9.92. The second-order valence-corrected chi connectivity index (χ2v) is 8.61. The first-order valence-electron chi connectivity index (χ1n) is 11.7. The van der Waals surface area contributed by atoms with Gasteiger partial charge in [0.05, 0.1) is 32.8 Å². The number of carbonyl (C=O) groups is 2. The molecule has 0 unspecified atom stereocenters. The topological polar surface area (TPSA) is 135 Å². The van der Waals surface area contributed by atoms with Crippen molar-refractivity contribution in [1.29, 1.82) is 0 Å². The van der Waals surface area contributed by atoms with Crippen molar-refractivity contribution >= 4 is 29.3 Å². The zero-order valence-electron chi connectivity index (χ0n) is 20.4. The summed E-state index contributed by atoms with van der Waals surface area (Å²) in [5.74, 6) is -0.243. The van der Waals surface area contributed by atoms with Gasteiger partial charge in [-0.05, 0) is 25.7 Å². The van der Waals surface area contributed by atoms with Crippen molar-refractivity contribution in [2.24, 2.45) is 0 Å². The summed E-state index contributed by atoms with van der Waals surface area (Å²) in [6.07, 6.45) is 3.90. The Hall–Kier alpha value is -3.76. The van der Waals surface area contributed by atoms with E-state index in [1.165, 1.54) is 21.3 Å². The smallest absolute Gasteiger partial charge is 0.258 e. The van der Waals surface area contributed by atoms with Crippen LogP contribution in [0.3, 0.4) is 0 Å². The normalized spacial score (nSPS) is 19.4. The number of hydrogen-bond donors (Lipinski definition) is 3. The summed E-state index contributed by atoms with van der Waals surface area (Å²) in [5, 5.41) is 5.45. The average Bonchev–Trinajstić information content (AvgIpc) is 2.87. The molecule has 0 radical (unpaired) electrons. The fraction of sp³-hybridized carbons (Fsp3) is 0.500. The van der Waals surface area contributed by atoms with Crippen molar-refractivity contribution in [3.63, 3.8) is 0 Å². The van der Waals surface area contributed by atoms with E-state index in [0.717, 1.165) is 32.2 Å². The number of aromatic amines is 1. The van der Waals surface area contributed by atoms with Crippen LogP contribution in [0.15, 0.2) is 16.9 Å². The molecule has 2 aliphatic rings. The number of nitrogens with one attached hydrogen (secondary N) is 3. The monoisotopic (exact) mass is 485 g/mol. The number of benzene rings is 1. The molecule has 1 fully saturated rings. The standard InChI is InChI=1S/C24H31N5O6/c1-5-14-8-6-7-9-29(14)24-27-21-19(23(32)28-24)15(12-18(30)26-21)22(31)25-13-10-16(33-2)20(35-4)17(11-13)34-3/h10-11,14-15H,5-9,12H2,1-4H3,(H,25,31)(H2,26,27,28,30,32)/t14-,15+/m1/s1. The third kappa shape index (κ3) is 4.75. The Bertz CT molecular complexity index is 1150. The molecule has 2 amide bonds. The summed E-state index contributed by atoms with van der Waals surface area (Å²) < 4.78 is 16.0. The molecule has 0 aliphatic carbocycles. The molecule has 3 heterocycles. The predicted octanol–water partition coefficient (Wildman–Crippen LogP) is 2.63. The van der Waals surface area contributed by atoms with Crippen LogP contribution in [0, 0.1) is 0 Å². The van der Waals surface area contributed by atoms with Gasteiger partial charge in [-0.15, -0.1) is 0 Å². The molecule has 0 bridgehead atoms. The van der Waals surface area contributed by atoms with E-state index in [-0.39, 0.29) is 29.8 Å². The van der Waals surface area contributed by atoms with Gasteiger partial charge in [0.1, 0.15) is 5.82 Å². The number of aromatic nitrogens is 2. The summed E-state index contributed by atoms with van der Waals surface area (Å²) in [4.78, 5) is 48.4. The highest BCUT2D eigenvalue weighted by atomic mass is 16.5. The molecule has 2 aliphatic heterocycles. The second-order valence-electron chi connectivity index (χ2n) is 8.61. The van der Waals surface area contributed by atoms with Gasteiger partial charge in [0.2, 0.25) is 23.5 Å². The van der Waals surface area contributed by atoms with Crippen LogP contribution < -0.4 is 35.3 Å². The summed E-state index contributed by atoms with van der Waals surface area (Å²) in [5.41, 5.74) is 0.0796. The first-order chi connectivity index (χ1) is 16.9. The van der Waals surface area contributed by atoms with E-state index in [2.05, 4.69) is 32.4 Å². The SMILES string of the molecule is CC[C@@H]1CCCCN1c1nc2c(c(=O)[nH]1)[C@@H](C(=O)Nc1cc(OC)c(OC)c(OC)c1)CC(=O)N2. The van der Waals surface area contributed by atoms with E-state index in [1.807, 2.05) is 0 Å². The minimum absolute atomic E-state index is 0.130. The lowest BCUT2D eigenvalue weighted by Gasteiger charge is -2.36. The van der Waals surface area contributed by atoms with E-state index in [1.54, 1.807) is 12.1 Å². The molecule has 11 nitrogen and oxygen atoms in total. The highest BCUT2D eigenvalue weighted by Gasteiger charge is 2.36. The number of carbonyl (C=O) groups excluding carboxylic acids is 2. The third-order valence-corrected chi connectivity index (χ3v) is 6.56. The molecule has 0 spiro atoms. The van der Waals surface area contributed by atoms with E-state index in [4.69, 9.17) is 14.2 Å².